The summed E-state index contributed by atoms with van der Waals surface area (Å²) in [5.74, 6) is 0. The molecule has 0 aliphatic carbocycles. The van der Waals surface area contributed by atoms with Gasteiger partial charge in [0.2, 0.25) is 0 Å². The molecular weight excluding hydrogens is 1060 g/mol. The first-order valence-corrected chi connectivity index (χ1v) is 32.1. The summed E-state index contributed by atoms with van der Waals surface area (Å²) in [4.78, 5) is 0. The largest absolute Gasteiger partial charge is 0.309 e. The van der Waals surface area contributed by atoms with Gasteiger partial charge in [0, 0.05) is 16.5 Å². The Hall–Kier alpha value is -10.9. The molecule has 0 saturated heterocycles. The van der Waals surface area contributed by atoms with Crippen molar-refractivity contribution in [3.05, 3.63) is 357 Å². The van der Waals surface area contributed by atoms with Crippen LogP contribution in [-0.4, -0.2) is 12.6 Å². The lowest BCUT2D eigenvalue weighted by Crippen LogP contribution is -2.72. The molecule has 14 aromatic rings. The third kappa shape index (κ3) is 9.63. The first-order valence-electron chi connectivity index (χ1n) is 30.1. The lowest BCUT2D eigenvalue weighted by atomic mass is 9.96. The summed E-state index contributed by atoms with van der Waals surface area (Å²) in [6, 6.07) is 119. The summed E-state index contributed by atoms with van der Waals surface area (Å²) in [6.07, 6.45) is 6.61. The van der Waals surface area contributed by atoms with Crippen molar-refractivity contribution in [1.82, 2.24) is 4.57 Å². The van der Waals surface area contributed by atoms with Crippen LogP contribution in [0.15, 0.2) is 346 Å². The van der Waals surface area contributed by atoms with Gasteiger partial charge in [-0.15, -0.1) is 0 Å². The Morgan fingerprint density at radius 2 is 0.655 bits per heavy atom. The lowest BCUT2D eigenvalue weighted by molar-refractivity contribution is 1.18. The van der Waals surface area contributed by atoms with E-state index in [2.05, 4.69) is 358 Å². The Labute approximate surface area is 511 Å². The highest BCUT2D eigenvalue weighted by Gasteiger charge is 2.49. The van der Waals surface area contributed by atoms with E-state index in [-0.39, 0.29) is 0 Å². The minimum atomic E-state index is -2.98. The molecule has 87 heavy (non-hydrogen) atoms. The van der Waals surface area contributed by atoms with Crippen molar-refractivity contribution in [3.63, 3.8) is 0 Å². The average molecular weight is 1120 g/mol. The van der Waals surface area contributed by atoms with Gasteiger partial charge in [0.15, 0.2) is 8.07 Å². The van der Waals surface area contributed by atoms with Crippen LogP contribution in [0.1, 0.15) is 18.1 Å². The second-order valence-electron chi connectivity index (χ2n) is 22.8. The third-order valence-electron chi connectivity index (χ3n) is 17.9. The summed E-state index contributed by atoms with van der Waals surface area (Å²) >= 11 is 0. The molecule has 0 unspecified atom stereocenters. The number of nitrogens with zero attached hydrogens (tertiary/aromatic N) is 1. The third-order valence-corrected chi connectivity index (χ3v) is 22.7. The van der Waals surface area contributed by atoms with Gasteiger partial charge in [-0.25, -0.2) is 0 Å². The van der Waals surface area contributed by atoms with Crippen LogP contribution in [0, 0.1) is 0 Å². The topological polar surface area (TPSA) is 4.93 Å². The molecule has 0 radical (unpaired) electrons. The summed E-state index contributed by atoms with van der Waals surface area (Å²) in [6.45, 7) is 6.59. The summed E-state index contributed by atoms with van der Waals surface area (Å²) in [5.41, 5.74) is 24.9. The maximum atomic E-state index is 4.45. The van der Waals surface area contributed by atoms with Gasteiger partial charge in [-0.3, -0.25) is 0 Å². The monoisotopic (exact) mass is 1120 g/mol. The van der Waals surface area contributed by atoms with Crippen molar-refractivity contribution in [3.8, 4) is 83.6 Å². The molecule has 1 aliphatic heterocycles. The fourth-order valence-electron chi connectivity index (χ4n) is 13.4. The van der Waals surface area contributed by atoms with Crippen molar-refractivity contribution in [2.75, 3.05) is 0 Å². The standard InChI is InChI=1S/C85H61NSi/c1-3-60(30-29-59(2)61-19-9-4-10-20-61)74-47-51-78-79-52-50-75(58-85(79)87(84(78)57-74,76-25-15-7-16-26-76)77-27-17-8-18-28-77)86-82-53-48-72(70-43-39-68(40-44-70)66-35-31-64(32-36-66)62-21-11-5-12-22-62)55-80(82)81-56-73(49-54-83(81)86)71-45-41-69(42-46-71)67-37-33-65(34-38-67)63-23-13-6-14-24-63/h3-58H,2H2,1H3/b30-29-,60-3+. The molecule has 0 saturated carbocycles. The van der Waals surface area contributed by atoms with E-state index < -0.39 is 8.07 Å². The van der Waals surface area contributed by atoms with E-state index >= 15 is 0 Å². The van der Waals surface area contributed by atoms with Crippen molar-refractivity contribution in [1.29, 1.82) is 0 Å². The molecule has 1 aromatic heterocycles. The van der Waals surface area contributed by atoms with Gasteiger partial charge in [0.05, 0.1) is 11.0 Å². The van der Waals surface area contributed by atoms with E-state index in [1.807, 2.05) is 0 Å². The van der Waals surface area contributed by atoms with Gasteiger partial charge in [-0.05, 0) is 164 Å². The van der Waals surface area contributed by atoms with Gasteiger partial charge in [-0.2, -0.15) is 0 Å². The molecule has 0 N–H and O–H groups in total. The summed E-state index contributed by atoms with van der Waals surface area (Å²) in [7, 11) is -2.98. The Morgan fingerprint density at radius 3 is 1.07 bits per heavy atom. The number of hydrogen-bond donors (Lipinski definition) is 0. The van der Waals surface area contributed by atoms with Gasteiger partial charge < -0.3 is 4.57 Å². The molecular formula is C85H61NSi. The smallest absolute Gasteiger partial charge is 0.180 e. The number of rotatable bonds is 13. The predicted molar refractivity (Wildman–Crippen MR) is 374 cm³/mol. The van der Waals surface area contributed by atoms with Gasteiger partial charge in [-0.1, -0.05) is 310 Å². The number of hydrogen-bond acceptors (Lipinski definition) is 0. The van der Waals surface area contributed by atoms with E-state index in [0.29, 0.717) is 0 Å². The van der Waals surface area contributed by atoms with Gasteiger partial charge >= 0.3 is 0 Å². The van der Waals surface area contributed by atoms with Crippen LogP contribution in [0.4, 0.5) is 0 Å². The van der Waals surface area contributed by atoms with Crippen LogP contribution >= 0.6 is 0 Å². The van der Waals surface area contributed by atoms with Crippen molar-refractivity contribution < 1.29 is 0 Å². The fourth-order valence-corrected chi connectivity index (χ4v) is 18.7. The van der Waals surface area contributed by atoms with Crippen molar-refractivity contribution in [2.45, 2.75) is 6.92 Å². The molecule has 13 aromatic carbocycles. The number of allylic oxidation sites excluding steroid dienone is 5. The molecule has 0 bridgehead atoms. The second kappa shape index (κ2) is 22.6. The average Bonchev–Trinajstić information content (AvgIpc) is 1.59. The second-order valence-corrected chi connectivity index (χ2v) is 26.5. The normalized spacial score (nSPS) is 12.6. The minimum absolute atomic E-state index is 0.983. The zero-order valence-corrected chi connectivity index (χ0v) is 49.5. The molecule has 15 rings (SSSR count). The van der Waals surface area contributed by atoms with E-state index in [4.69, 9.17) is 0 Å². The molecule has 1 aliphatic rings. The van der Waals surface area contributed by atoms with E-state index in [1.165, 1.54) is 126 Å². The molecule has 0 atom stereocenters. The highest BCUT2D eigenvalue weighted by atomic mass is 28.3. The highest BCUT2D eigenvalue weighted by Crippen LogP contribution is 2.40. The minimum Gasteiger partial charge on any atom is -0.309 e. The number of fused-ring (bicyclic) bond motifs is 6. The maximum Gasteiger partial charge on any atom is 0.180 e. The summed E-state index contributed by atoms with van der Waals surface area (Å²) < 4.78 is 2.52. The first kappa shape index (κ1) is 52.9. The van der Waals surface area contributed by atoms with Gasteiger partial charge in [0.1, 0.15) is 0 Å². The fraction of sp³-hybridized carbons (Fsp3) is 0.0118. The molecule has 0 amide bonds. The zero-order valence-electron chi connectivity index (χ0n) is 48.5. The zero-order chi connectivity index (χ0) is 58.3. The predicted octanol–water partition coefficient (Wildman–Crippen LogP) is 19.8. The van der Waals surface area contributed by atoms with Crippen LogP contribution in [0.5, 0.6) is 0 Å². The Kier molecular flexibility index (Phi) is 13.7. The molecule has 2 heterocycles. The number of benzene rings is 13. The quantitative estimate of drug-likeness (QED) is 0.0801. The molecule has 410 valence electrons. The van der Waals surface area contributed by atoms with Crippen LogP contribution in [-0.2, 0) is 0 Å². The SMILES string of the molecule is C=C(/C=C\C(=C/C)c1ccc2c(c1)[Si](c1ccccc1)(c1ccccc1)c1cc(-n3c4ccc(-c5ccc(-c6ccc(-c7ccccc7)cc6)cc5)cc4c4cc(-c5ccc(-c6ccc(-c7ccccc7)cc6)cc5)ccc43)ccc1-2)c1ccccc1. The Balaban J connectivity index is 0.860. The van der Waals surface area contributed by atoms with E-state index in [0.717, 1.165) is 22.4 Å². The first-order chi connectivity index (χ1) is 43.0. The van der Waals surface area contributed by atoms with Gasteiger partial charge in [0.25, 0.3) is 0 Å². The van der Waals surface area contributed by atoms with Crippen LogP contribution in [0.2, 0.25) is 0 Å². The molecule has 1 nitrogen and oxygen atoms in total. The molecule has 2 heteroatoms. The molecule has 0 fully saturated rings. The van der Waals surface area contributed by atoms with Crippen LogP contribution < -0.4 is 20.7 Å². The Morgan fingerprint density at radius 1 is 0.310 bits per heavy atom. The van der Waals surface area contributed by atoms with E-state index in [1.54, 1.807) is 0 Å². The van der Waals surface area contributed by atoms with Crippen LogP contribution in [0.3, 0.4) is 0 Å². The van der Waals surface area contributed by atoms with E-state index in [9.17, 15) is 0 Å². The lowest BCUT2D eigenvalue weighted by Gasteiger charge is -2.32. The Bertz CT molecular complexity index is 4680. The molecule has 0 spiro atoms. The number of aromatic nitrogens is 1. The van der Waals surface area contributed by atoms with Crippen molar-refractivity contribution in [2.24, 2.45) is 0 Å². The maximum absolute atomic E-state index is 4.45. The highest BCUT2D eigenvalue weighted by molar-refractivity contribution is 7.22. The van der Waals surface area contributed by atoms with Crippen LogP contribution in [0.25, 0.3) is 117 Å². The summed E-state index contributed by atoms with van der Waals surface area (Å²) in [5, 5.41) is 7.95. The van der Waals surface area contributed by atoms with Crippen molar-refractivity contribution >= 4 is 61.8 Å².